The Balaban J connectivity index is 1.34. The van der Waals surface area contributed by atoms with E-state index in [1.165, 1.54) is 24.5 Å². The van der Waals surface area contributed by atoms with Crippen LogP contribution in [0.5, 0.6) is 11.6 Å². The summed E-state index contributed by atoms with van der Waals surface area (Å²) in [5, 5.41) is 6.67. The maximum absolute atomic E-state index is 13.3. The van der Waals surface area contributed by atoms with Gasteiger partial charge in [-0.25, -0.2) is 9.37 Å². The van der Waals surface area contributed by atoms with Gasteiger partial charge in [0.15, 0.2) is 0 Å². The van der Waals surface area contributed by atoms with E-state index in [4.69, 9.17) is 9.57 Å². The lowest BCUT2D eigenvalue weighted by atomic mass is 10.0. The summed E-state index contributed by atoms with van der Waals surface area (Å²) in [6.45, 7) is 0. The van der Waals surface area contributed by atoms with Crippen molar-refractivity contribution in [3.8, 4) is 11.6 Å². The molecule has 8 heteroatoms. The molecule has 7 nitrogen and oxygen atoms in total. The molecule has 0 bridgehead atoms. The number of halogens is 1. The second kappa shape index (κ2) is 7.83. The molecule has 0 aliphatic carbocycles. The number of hydrogen-bond acceptors (Lipinski definition) is 6. The van der Waals surface area contributed by atoms with Gasteiger partial charge in [-0.3, -0.25) is 9.78 Å². The van der Waals surface area contributed by atoms with Crippen molar-refractivity contribution in [1.29, 1.82) is 0 Å². The standard InChI is InChI=1S/C20H15FN4O3/c21-14-3-1-2-13(10-14)17-11-18(28-25-17)20(26)24-15-4-6-16(7-5-15)27-19-12-22-8-9-23-19/h1-10,12,18H,11H2,(H,24,26)/t18-/m0/s1. The first-order chi connectivity index (χ1) is 13.7. The lowest BCUT2D eigenvalue weighted by Crippen LogP contribution is -2.28. The van der Waals surface area contributed by atoms with Crippen molar-refractivity contribution in [3.05, 3.63) is 78.5 Å². The molecule has 140 valence electrons. The van der Waals surface area contributed by atoms with Crippen LogP contribution in [0.15, 0.2) is 72.3 Å². The van der Waals surface area contributed by atoms with Gasteiger partial charge in [0.25, 0.3) is 5.91 Å². The molecule has 0 radical (unpaired) electrons. The highest BCUT2D eigenvalue weighted by atomic mass is 19.1. The first-order valence-corrected chi connectivity index (χ1v) is 8.51. The van der Waals surface area contributed by atoms with Gasteiger partial charge in [0.2, 0.25) is 12.0 Å². The number of carbonyl (C=O) groups is 1. The van der Waals surface area contributed by atoms with E-state index < -0.39 is 6.10 Å². The molecular weight excluding hydrogens is 363 g/mol. The molecule has 1 atom stereocenters. The number of aromatic nitrogens is 2. The largest absolute Gasteiger partial charge is 0.438 e. The number of anilines is 1. The third-order valence-electron chi connectivity index (χ3n) is 4.00. The van der Waals surface area contributed by atoms with E-state index in [1.54, 1.807) is 42.6 Å². The number of ether oxygens (including phenoxy) is 1. The molecule has 1 N–H and O–H groups in total. The highest BCUT2D eigenvalue weighted by molar-refractivity contribution is 6.06. The number of nitrogens with zero attached hydrogens (tertiary/aromatic N) is 3. The predicted molar refractivity (Wildman–Crippen MR) is 99.6 cm³/mol. The fraction of sp³-hybridized carbons (Fsp3) is 0.100. The zero-order valence-corrected chi connectivity index (χ0v) is 14.6. The number of hydrogen-bond donors (Lipinski definition) is 1. The van der Waals surface area contributed by atoms with Crippen LogP contribution in [0.4, 0.5) is 10.1 Å². The van der Waals surface area contributed by atoms with Gasteiger partial charge in [-0.05, 0) is 36.4 Å². The number of carbonyl (C=O) groups excluding carboxylic acids is 1. The SMILES string of the molecule is O=C(Nc1ccc(Oc2cnccn2)cc1)[C@@H]1CC(c2cccc(F)c2)=NO1. The van der Waals surface area contributed by atoms with Crippen molar-refractivity contribution in [2.75, 3.05) is 5.32 Å². The second-order valence-electron chi connectivity index (χ2n) is 6.01. The smallest absolute Gasteiger partial charge is 0.268 e. The highest BCUT2D eigenvalue weighted by Gasteiger charge is 2.29. The van der Waals surface area contributed by atoms with Gasteiger partial charge in [0.05, 0.1) is 11.9 Å². The Labute approximate surface area is 159 Å². The molecule has 0 saturated carbocycles. The summed E-state index contributed by atoms with van der Waals surface area (Å²) in [7, 11) is 0. The molecular formula is C20H15FN4O3. The summed E-state index contributed by atoms with van der Waals surface area (Å²) >= 11 is 0. The van der Waals surface area contributed by atoms with Crippen LogP contribution in [-0.4, -0.2) is 27.7 Å². The minimum absolute atomic E-state index is 0.267. The number of benzene rings is 2. The number of amides is 1. The third kappa shape index (κ3) is 4.12. The van der Waals surface area contributed by atoms with E-state index in [2.05, 4.69) is 20.4 Å². The summed E-state index contributed by atoms with van der Waals surface area (Å²) in [4.78, 5) is 25.6. The van der Waals surface area contributed by atoms with Gasteiger partial charge < -0.3 is 14.9 Å². The Morgan fingerprint density at radius 3 is 2.79 bits per heavy atom. The molecule has 1 amide bonds. The van der Waals surface area contributed by atoms with Crippen molar-refractivity contribution in [1.82, 2.24) is 9.97 Å². The van der Waals surface area contributed by atoms with Gasteiger partial charge in [-0.2, -0.15) is 0 Å². The first-order valence-electron chi connectivity index (χ1n) is 8.51. The molecule has 28 heavy (non-hydrogen) atoms. The monoisotopic (exact) mass is 378 g/mol. The third-order valence-corrected chi connectivity index (χ3v) is 4.00. The molecule has 3 aromatic rings. The van der Waals surface area contributed by atoms with E-state index >= 15 is 0 Å². The molecule has 4 rings (SSSR count). The Morgan fingerprint density at radius 2 is 2.04 bits per heavy atom. The average Bonchev–Trinajstić information content (AvgIpc) is 3.21. The van der Waals surface area contributed by atoms with Crippen molar-refractivity contribution in [2.24, 2.45) is 5.16 Å². The fourth-order valence-electron chi connectivity index (χ4n) is 2.64. The normalized spacial score (nSPS) is 15.5. The van der Waals surface area contributed by atoms with Crippen LogP contribution in [0.2, 0.25) is 0 Å². The topological polar surface area (TPSA) is 85.7 Å². The predicted octanol–water partition coefficient (Wildman–Crippen LogP) is 3.54. The van der Waals surface area contributed by atoms with E-state index in [1.807, 2.05) is 0 Å². The molecule has 2 heterocycles. The summed E-state index contributed by atoms with van der Waals surface area (Å²) in [5.74, 6) is 0.239. The summed E-state index contributed by atoms with van der Waals surface area (Å²) in [6, 6.07) is 12.8. The first kappa shape index (κ1) is 17.6. The Morgan fingerprint density at radius 1 is 1.18 bits per heavy atom. The Kier molecular flexibility index (Phi) is 4.92. The zero-order valence-electron chi connectivity index (χ0n) is 14.6. The molecule has 0 fully saturated rings. The summed E-state index contributed by atoms with van der Waals surface area (Å²) in [6.07, 6.45) is 4.09. The van der Waals surface area contributed by atoms with Crippen molar-refractivity contribution < 1.29 is 18.8 Å². The number of oxime groups is 1. The molecule has 1 aliphatic rings. The van der Waals surface area contributed by atoms with E-state index in [-0.39, 0.29) is 18.1 Å². The summed E-state index contributed by atoms with van der Waals surface area (Å²) in [5.41, 5.74) is 1.72. The number of nitrogens with one attached hydrogen (secondary N) is 1. The van der Waals surface area contributed by atoms with Crippen molar-refractivity contribution in [3.63, 3.8) is 0 Å². The van der Waals surface area contributed by atoms with Crippen LogP contribution < -0.4 is 10.1 Å². The molecule has 0 saturated heterocycles. The lowest BCUT2D eigenvalue weighted by Gasteiger charge is -2.10. The van der Waals surface area contributed by atoms with Crippen LogP contribution in [0.1, 0.15) is 12.0 Å². The lowest BCUT2D eigenvalue weighted by molar-refractivity contribution is -0.125. The van der Waals surface area contributed by atoms with Gasteiger partial charge >= 0.3 is 0 Å². The van der Waals surface area contributed by atoms with Crippen molar-refractivity contribution in [2.45, 2.75) is 12.5 Å². The van der Waals surface area contributed by atoms with Crippen LogP contribution in [-0.2, 0) is 9.63 Å². The van der Waals surface area contributed by atoms with Crippen LogP contribution in [0, 0.1) is 5.82 Å². The molecule has 2 aromatic carbocycles. The summed E-state index contributed by atoms with van der Waals surface area (Å²) < 4.78 is 18.9. The minimum Gasteiger partial charge on any atom is -0.438 e. The quantitative estimate of drug-likeness (QED) is 0.734. The van der Waals surface area contributed by atoms with Gasteiger partial charge in [-0.1, -0.05) is 17.3 Å². The van der Waals surface area contributed by atoms with Gasteiger partial charge in [0, 0.05) is 30.1 Å². The second-order valence-corrected chi connectivity index (χ2v) is 6.01. The highest BCUT2D eigenvalue weighted by Crippen LogP contribution is 2.22. The molecule has 1 aromatic heterocycles. The maximum Gasteiger partial charge on any atom is 0.268 e. The maximum atomic E-state index is 13.3. The molecule has 0 unspecified atom stereocenters. The zero-order chi connectivity index (χ0) is 19.3. The molecule has 0 spiro atoms. The van der Waals surface area contributed by atoms with E-state index in [0.717, 1.165) is 0 Å². The van der Waals surface area contributed by atoms with E-state index in [0.29, 0.717) is 28.6 Å². The van der Waals surface area contributed by atoms with E-state index in [9.17, 15) is 9.18 Å². The Hall–Kier alpha value is -3.81. The van der Waals surface area contributed by atoms with Crippen LogP contribution in [0.25, 0.3) is 0 Å². The molecule has 1 aliphatic heterocycles. The minimum atomic E-state index is -0.770. The van der Waals surface area contributed by atoms with Crippen molar-refractivity contribution >= 4 is 17.3 Å². The fourth-order valence-corrected chi connectivity index (χ4v) is 2.64. The van der Waals surface area contributed by atoms with Gasteiger partial charge in [-0.15, -0.1) is 0 Å². The van der Waals surface area contributed by atoms with Crippen LogP contribution in [0.3, 0.4) is 0 Å². The van der Waals surface area contributed by atoms with Crippen LogP contribution >= 0.6 is 0 Å². The Bertz CT molecular complexity index is 1010. The average molecular weight is 378 g/mol. The van der Waals surface area contributed by atoms with Gasteiger partial charge in [0.1, 0.15) is 11.6 Å². The number of rotatable bonds is 5.